The van der Waals surface area contributed by atoms with Crippen molar-refractivity contribution in [1.82, 2.24) is 0 Å². The highest BCUT2D eigenvalue weighted by atomic mass is 32.1. The fourth-order valence-electron chi connectivity index (χ4n) is 2.99. The maximum absolute atomic E-state index is 12.7. The minimum Gasteiger partial charge on any atom is -0.497 e. The van der Waals surface area contributed by atoms with Gasteiger partial charge in [-0.15, -0.1) is 0 Å². The van der Waals surface area contributed by atoms with Gasteiger partial charge in [-0.05, 0) is 35.9 Å². The average molecular weight is 408 g/mol. The number of fused-ring (bicyclic) bond motifs is 1. The van der Waals surface area contributed by atoms with E-state index < -0.39 is 10.9 Å². The van der Waals surface area contributed by atoms with Crippen LogP contribution in [0.1, 0.15) is 10.4 Å². The predicted octanol–water partition coefficient (Wildman–Crippen LogP) is 4.76. The minimum atomic E-state index is -0.561. The fraction of sp³-hybridized carbons (Fsp3) is 0.0909. The van der Waals surface area contributed by atoms with Gasteiger partial charge in [0.25, 0.3) is 0 Å². The summed E-state index contributed by atoms with van der Waals surface area (Å²) in [5.41, 5.74) is 2.14. The summed E-state index contributed by atoms with van der Waals surface area (Å²) in [6.07, 6.45) is 0. The van der Waals surface area contributed by atoms with E-state index in [9.17, 15) is 9.59 Å². The summed E-state index contributed by atoms with van der Waals surface area (Å²) in [6, 6.07) is 17.4. The van der Waals surface area contributed by atoms with E-state index >= 15 is 0 Å². The molecule has 0 aliphatic carbocycles. The van der Waals surface area contributed by atoms with Crippen LogP contribution in [0.5, 0.6) is 17.2 Å². The van der Waals surface area contributed by atoms with Crippen LogP contribution in [0.15, 0.2) is 69.9 Å². The second kappa shape index (κ2) is 7.81. The van der Waals surface area contributed by atoms with Crippen LogP contribution in [-0.4, -0.2) is 20.2 Å². The summed E-state index contributed by atoms with van der Waals surface area (Å²) in [6.45, 7) is 0. The fourth-order valence-corrected chi connectivity index (χ4v) is 3.72. The molecule has 4 aromatic rings. The van der Waals surface area contributed by atoms with Crippen molar-refractivity contribution in [3.8, 4) is 28.4 Å². The van der Waals surface area contributed by atoms with E-state index in [2.05, 4.69) is 0 Å². The average Bonchev–Trinajstić information content (AvgIpc) is 3.13. The topological polar surface area (TPSA) is 75.0 Å². The predicted molar refractivity (Wildman–Crippen MR) is 110 cm³/mol. The van der Waals surface area contributed by atoms with Crippen molar-refractivity contribution in [3.05, 3.63) is 76.0 Å². The number of methoxy groups -OCH3 is 2. The Kier molecular flexibility index (Phi) is 5.05. The van der Waals surface area contributed by atoms with Crippen molar-refractivity contribution >= 4 is 27.6 Å². The van der Waals surface area contributed by atoms with Crippen LogP contribution in [0.3, 0.4) is 0 Å². The molecule has 0 unspecified atom stereocenters. The highest BCUT2D eigenvalue weighted by Crippen LogP contribution is 2.36. The number of carbonyl (C=O) groups excluding carboxylic acids is 1. The zero-order valence-corrected chi connectivity index (χ0v) is 16.4. The summed E-state index contributed by atoms with van der Waals surface area (Å²) >= 11 is 0.946. The molecule has 0 radical (unpaired) electrons. The smallest absolute Gasteiger partial charge is 0.396 e. The van der Waals surface area contributed by atoms with Gasteiger partial charge < -0.3 is 18.6 Å². The van der Waals surface area contributed by atoms with E-state index in [0.29, 0.717) is 38.7 Å². The molecule has 3 aromatic carbocycles. The first-order valence-corrected chi connectivity index (χ1v) is 9.48. The molecule has 0 N–H and O–H groups in total. The molecule has 0 saturated heterocycles. The quantitative estimate of drug-likeness (QED) is 0.350. The van der Waals surface area contributed by atoms with Crippen molar-refractivity contribution in [2.75, 3.05) is 14.2 Å². The van der Waals surface area contributed by atoms with Crippen molar-refractivity contribution in [3.63, 3.8) is 0 Å². The first-order valence-electron chi connectivity index (χ1n) is 8.66. The number of ether oxygens (including phenoxy) is 3. The van der Waals surface area contributed by atoms with E-state index in [1.54, 1.807) is 43.5 Å². The Morgan fingerprint density at radius 1 is 0.931 bits per heavy atom. The van der Waals surface area contributed by atoms with Gasteiger partial charge in [-0.1, -0.05) is 35.6 Å². The number of carbonyl (C=O) groups is 1. The van der Waals surface area contributed by atoms with Crippen LogP contribution in [0.2, 0.25) is 0 Å². The lowest BCUT2D eigenvalue weighted by atomic mass is 10.0. The van der Waals surface area contributed by atoms with Crippen LogP contribution >= 0.6 is 11.3 Å². The summed E-state index contributed by atoms with van der Waals surface area (Å²) in [5.74, 6) is 0.807. The zero-order valence-electron chi connectivity index (χ0n) is 15.6. The molecular formula is C22H16O6S. The maximum atomic E-state index is 12.7. The monoisotopic (exact) mass is 408 g/mol. The van der Waals surface area contributed by atoms with Crippen molar-refractivity contribution in [2.45, 2.75) is 0 Å². The normalized spacial score (nSPS) is 10.7. The molecule has 0 amide bonds. The highest BCUT2D eigenvalue weighted by molar-refractivity contribution is 7.16. The third kappa shape index (κ3) is 3.72. The van der Waals surface area contributed by atoms with Crippen LogP contribution in [-0.2, 0) is 0 Å². The first kappa shape index (κ1) is 18.8. The van der Waals surface area contributed by atoms with Gasteiger partial charge in [-0.25, -0.2) is 9.59 Å². The number of hydrogen-bond acceptors (Lipinski definition) is 7. The molecule has 0 aliphatic heterocycles. The van der Waals surface area contributed by atoms with Crippen molar-refractivity contribution < 1.29 is 23.4 Å². The van der Waals surface area contributed by atoms with Crippen LogP contribution < -0.4 is 19.1 Å². The Morgan fingerprint density at radius 3 is 2.55 bits per heavy atom. The third-order valence-corrected chi connectivity index (χ3v) is 5.10. The van der Waals surface area contributed by atoms with Crippen molar-refractivity contribution in [1.29, 1.82) is 0 Å². The van der Waals surface area contributed by atoms with Gasteiger partial charge in [-0.2, -0.15) is 0 Å². The van der Waals surface area contributed by atoms with Crippen LogP contribution in [0, 0.1) is 0 Å². The number of para-hydroxylation sites is 1. The molecule has 29 heavy (non-hydrogen) atoms. The lowest BCUT2D eigenvalue weighted by Gasteiger charge is -2.10. The van der Waals surface area contributed by atoms with E-state index in [-0.39, 0.29) is 0 Å². The van der Waals surface area contributed by atoms with Crippen molar-refractivity contribution in [2.24, 2.45) is 0 Å². The van der Waals surface area contributed by atoms with Gasteiger partial charge in [0.05, 0.1) is 18.9 Å². The van der Waals surface area contributed by atoms with Gasteiger partial charge in [-0.3, -0.25) is 0 Å². The first-order chi connectivity index (χ1) is 14.1. The van der Waals surface area contributed by atoms with E-state index in [1.165, 1.54) is 7.11 Å². The Bertz CT molecular complexity index is 1250. The number of rotatable bonds is 5. The Hall–Kier alpha value is -3.58. The second-order valence-corrected chi connectivity index (χ2v) is 7.05. The SMILES string of the molecule is COc1cccc(-c2cc(OC(=O)c3ccccc3OC)cc3sc(=O)oc23)c1. The maximum Gasteiger partial charge on any atom is 0.396 e. The molecule has 146 valence electrons. The van der Waals surface area contributed by atoms with E-state index in [1.807, 2.05) is 24.3 Å². The van der Waals surface area contributed by atoms with Gasteiger partial charge in [0.1, 0.15) is 22.8 Å². The minimum absolute atomic E-state index is 0.295. The molecule has 0 bridgehead atoms. The Balaban J connectivity index is 1.79. The molecule has 1 aromatic heterocycles. The van der Waals surface area contributed by atoms with Gasteiger partial charge in [0.15, 0.2) is 5.58 Å². The van der Waals surface area contributed by atoms with Crippen LogP contribution in [0.25, 0.3) is 21.4 Å². The molecule has 0 saturated carbocycles. The third-order valence-electron chi connectivity index (χ3n) is 4.33. The molecule has 0 fully saturated rings. The molecule has 0 aliphatic rings. The Morgan fingerprint density at radius 2 is 1.76 bits per heavy atom. The zero-order chi connectivity index (χ0) is 20.4. The van der Waals surface area contributed by atoms with Gasteiger partial charge in [0.2, 0.25) is 0 Å². The molecule has 1 heterocycles. The molecule has 6 nitrogen and oxygen atoms in total. The standard InChI is InChI=1S/C22H16O6S/c1-25-14-7-5-6-13(10-14)17-11-15(12-19-20(17)28-22(24)29-19)27-21(23)16-8-3-4-9-18(16)26-2/h3-12H,1-2H3. The highest BCUT2D eigenvalue weighted by Gasteiger charge is 2.18. The van der Waals surface area contributed by atoms with E-state index in [4.69, 9.17) is 18.6 Å². The molecule has 4 rings (SSSR count). The van der Waals surface area contributed by atoms with Gasteiger partial charge >= 0.3 is 10.9 Å². The lowest BCUT2D eigenvalue weighted by molar-refractivity contribution is 0.0731. The molecular weight excluding hydrogens is 392 g/mol. The molecule has 0 atom stereocenters. The Labute approximate surface area is 169 Å². The number of hydrogen-bond donors (Lipinski definition) is 0. The summed E-state index contributed by atoms with van der Waals surface area (Å²) in [4.78, 5) is 24.1. The summed E-state index contributed by atoms with van der Waals surface area (Å²) in [7, 11) is 3.06. The number of esters is 1. The largest absolute Gasteiger partial charge is 0.497 e. The van der Waals surface area contributed by atoms with Gasteiger partial charge in [0, 0.05) is 11.6 Å². The second-order valence-electron chi connectivity index (χ2n) is 6.07. The lowest BCUT2D eigenvalue weighted by Crippen LogP contribution is -2.10. The molecule has 7 heteroatoms. The van der Waals surface area contributed by atoms with E-state index in [0.717, 1.165) is 16.9 Å². The van der Waals surface area contributed by atoms with Crippen LogP contribution in [0.4, 0.5) is 0 Å². The summed E-state index contributed by atoms with van der Waals surface area (Å²) < 4.78 is 22.1. The molecule has 0 spiro atoms. The number of benzene rings is 3. The summed E-state index contributed by atoms with van der Waals surface area (Å²) in [5, 5.41) is 0.